The van der Waals surface area contributed by atoms with Crippen molar-refractivity contribution in [3.05, 3.63) is 84.8 Å². The zero-order chi connectivity index (χ0) is 21.9. The number of thiazole rings is 1. The first kappa shape index (κ1) is 19.5. The fourth-order valence-corrected chi connectivity index (χ4v) is 4.67. The molecule has 0 unspecified atom stereocenters. The predicted molar refractivity (Wildman–Crippen MR) is 121 cm³/mol. The monoisotopic (exact) mass is 450 g/mol. The highest BCUT2D eigenvalue weighted by Gasteiger charge is 2.16. The summed E-state index contributed by atoms with van der Waals surface area (Å²) in [6.07, 6.45) is 1.64. The number of aromatic carboxylic acids is 1. The highest BCUT2D eigenvalue weighted by molar-refractivity contribution is 7.15. The van der Waals surface area contributed by atoms with Crippen molar-refractivity contribution in [1.82, 2.24) is 9.38 Å². The Morgan fingerprint density at radius 2 is 1.94 bits per heavy atom. The fraction of sp³-hybridized carbons (Fsp3) is 0.0870. The number of rotatable bonds is 3. The first-order valence-electron chi connectivity index (χ1n) is 9.39. The molecule has 5 aromatic rings. The Kier molecular flexibility index (Phi) is 4.46. The van der Waals surface area contributed by atoms with E-state index < -0.39 is 5.97 Å². The minimum atomic E-state index is -1.08. The molecule has 0 radical (unpaired) electrons. The molecule has 0 aliphatic heterocycles. The van der Waals surface area contributed by atoms with E-state index in [-0.39, 0.29) is 11.1 Å². The minimum Gasteiger partial charge on any atom is -0.478 e. The van der Waals surface area contributed by atoms with Crippen LogP contribution < -0.4 is 10.1 Å². The summed E-state index contributed by atoms with van der Waals surface area (Å²) in [5.74, 6) is -0.284. The third-order valence-corrected chi connectivity index (χ3v) is 6.44. The third-order valence-electron chi connectivity index (χ3n) is 5.23. The van der Waals surface area contributed by atoms with Gasteiger partial charge in [-0.3, -0.25) is 4.79 Å². The molecule has 3 heterocycles. The maximum absolute atomic E-state index is 13.0. The Balaban J connectivity index is 1.63. The number of aryl methyl sites for hydroxylation is 2. The molecule has 2 aromatic carbocycles. The third kappa shape index (κ3) is 3.22. The lowest BCUT2D eigenvalue weighted by Crippen LogP contribution is -2.22. The van der Waals surface area contributed by atoms with Crippen molar-refractivity contribution >= 4 is 51.0 Å². The number of aromatic nitrogens is 2. The van der Waals surface area contributed by atoms with Gasteiger partial charge in [-0.05, 0) is 67.4 Å². The van der Waals surface area contributed by atoms with Crippen molar-refractivity contribution in [2.75, 3.05) is 0 Å². The maximum Gasteiger partial charge on any atom is 0.336 e. The molecular weight excluding hydrogens is 436 g/mol. The molecule has 8 heteroatoms. The normalized spacial score (nSPS) is 12.3. The molecule has 0 bridgehead atoms. The second-order valence-electron chi connectivity index (χ2n) is 7.27. The molecule has 0 saturated heterocycles. The highest BCUT2D eigenvalue weighted by atomic mass is 35.5. The summed E-state index contributed by atoms with van der Waals surface area (Å²) in [5, 5.41) is 9.84. The van der Waals surface area contributed by atoms with E-state index in [0.29, 0.717) is 31.6 Å². The van der Waals surface area contributed by atoms with E-state index in [1.54, 1.807) is 28.7 Å². The smallest absolute Gasteiger partial charge is 0.336 e. The standard InChI is InChI=1S/C23H15ClN2O4S/c1-11-7-17-18(8-12(11)2)26-21(27)20(31-23(26)25-17)10-14-4-6-19(30-14)16-9-13(24)3-5-15(16)22(28)29/h3-10H,1-2H3,(H,28,29). The Morgan fingerprint density at radius 1 is 1.16 bits per heavy atom. The second-order valence-corrected chi connectivity index (χ2v) is 8.71. The van der Waals surface area contributed by atoms with Gasteiger partial charge in [-0.25, -0.2) is 14.2 Å². The van der Waals surface area contributed by atoms with Crippen molar-refractivity contribution in [3.8, 4) is 11.3 Å². The summed E-state index contributed by atoms with van der Waals surface area (Å²) in [6.45, 7) is 4.02. The van der Waals surface area contributed by atoms with Crippen LogP contribution in [-0.4, -0.2) is 20.5 Å². The van der Waals surface area contributed by atoms with Crippen molar-refractivity contribution < 1.29 is 14.3 Å². The molecular formula is C23H15ClN2O4S. The van der Waals surface area contributed by atoms with Gasteiger partial charge < -0.3 is 9.52 Å². The van der Waals surface area contributed by atoms with Crippen LogP contribution in [0.4, 0.5) is 0 Å². The number of hydrogen-bond donors (Lipinski definition) is 1. The van der Waals surface area contributed by atoms with Gasteiger partial charge in [0.2, 0.25) is 0 Å². The largest absolute Gasteiger partial charge is 0.478 e. The van der Waals surface area contributed by atoms with Crippen LogP contribution in [0.3, 0.4) is 0 Å². The molecule has 0 spiro atoms. The lowest BCUT2D eigenvalue weighted by Gasteiger charge is -2.03. The molecule has 5 rings (SSSR count). The van der Waals surface area contributed by atoms with Crippen molar-refractivity contribution in [2.45, 2.75) is 13.8 Å². The van der Waals surface area contributed by atoms with E-state index in [4.69, 9.17) is 16.0 Å². The van der Waals surface area contributed by atoms with Crippen LogP contribution in [-0.2, 0) is 0 Å². The number of carboxylic acids is 1. The molecule has 0 atom stereocenters. The average Bonchev–Trinajstić information content (AvgIpc) is 3.39. The Morgan fingerprint density at radius 3 is 2.71 bits per heavy atom. The van der Waals surface area contributed by atoms with Crippen LogP contribution in [0.1, 0.15) is 27.2 Å². The number of carboxylic acid groups (broad SMARTS) is 1. The predicted octanol–water partition coefficient (Wildman–Crippen LogP) is 4.69. The van der Waals surface area contributed by atoms with Gasteiger partial charge in [0.1, 0.15) is 16.1 Å². The second kappa shape index (κ2) is 7.08. The molecule has 0 fully saturated rings. The molecule has 0 amide bonds. The Bertz CT molecular complexity index is 1630. The van der Waals surface area contributed by atoms with Crippen LogP contribution in [0.2, 0.25) is 5.02 Å². The number of fused-ring (bicyclic) bond motifs is 3. The maximum atomic E-state index is 13.0. The topological polar surface area (TPSA) is 84.8 Å². The van der Waals surface area contributed by atoms with E-state index in [0.717, 1.165) is 22.2 Å². The van der Waals surface area contributed by atoms with E-state index in [1.807, 2.05) is 26.0 Å². The van der Waals surface area contributed by atoms with E-state index in [1.165, 1.54) is 23.5 Å². The summed E-state index contributed by atoms with van der Waals surface area (Å²) in [6, 6.07) is 11.8. The van der Waals surface area contributed by atoms with Crippen LogP contribution in [0.25, 0.3) is 33.4 Å². The zero-order valence-corrected chi connectivity index (χ0v) is 18.0. The molecule has 6 nitrogen and oxygen atoms in total. The summed E-state index contributed by atoms with van der Waals surface area (Å²) in [7, 11) is 0. The molecule has 0 aliphatic rings. The number of hydrogen-bond acceptors (Lipinski definition) is 5. The highest BCUT2D eigenvalue weighted by Crippen LogP contribution is 2.29. The summed E-state index contributed by atoms with van der Waals surface area (Å²) in [5.41, 5.74) is 4.09. The summed E-state index contributed by atoms with van der Waals surface area (Å²) >= 11 is 7.32. The van der Waals surface area contributed by atoms with Gasteiger partial charge in [0.05, 0.1) is 16.6 Å². The number of furan rings is 1. The van der Waals surface area contributed by atoms with E-state index in [2.05, 4.69) is 4.98 Å². The van der Waals surface area contributed by atoms with Crippen LogP contribution in [0.15, 0.2) is 51.7 Å². The lowest BCUT2D eigenvalue weighted by atomic mass is 10.1. The van der Waals surface area contributed by atoms with Crippen molar-refractivity contribution in [2.24, 2.45) is 0 Å². The number of carbonyl (C=O) groups is 1. The SMILES string of the molecule is Cc1cc2nc3sc(=Cc4ccc(-c5cc(Cl)ccc5C(=O)O)o4)c(=O)n3c2cc1C. The Labute approximate surface area is 184 Å². The van der Waals surface area contributed by atoms with Gasteiger partial charge in [-0.1, -0.05) is 22.9 Å². The quantitative estimate of drug-likeness (QED) is 0.431. The molecule has 0 saturated carbocycles. The van der Waals surface area contributed by atoms with Gasteiger partial charge in [-0.15, -0.1) is 0 Å². The molecule has 154 valence electrons. The fourth-order valence-electron chi connectivity index (χ4n) is 3.53. The lowest BCUT2D eigenvalue weighted by molar-refractivity contribution is 0.0697. The van der Waals surface area contributed by atoms with Crippen molar-refractivity contribution in [1.29, 1.82) is 0 Å². The summed E-state index contributed by atoms with van der Waals surface area (Å²) in [4.78, 5) is 29.8. The first-order valence-corrected chi connectivity index (χ1v) is 10.6. The van der Waals surface area contributed by atoms with Crippen LogP contribution >= 0.6 is 22.9 Å². The van der Waals surface area contributed by atoms with Gasteiger partial charge in [0, 0.05) is 16.7 Å². The van der Waals surface area contributed by atoms with Crippen molar-refractivity contribution in [3.63, 3.8) is 0 Å². The van der Waals surface area contributed by atoms with Crippen LogP contribution in [0.5, 0.6) is 0 Å². The molecule has 1 N–H and O–H groups in total. The van der Waals surface area contributed by atoms with Crippen LogP contribution in [0, 0.1) is 13.8 Å². The van der Waals surface area contributed by atoms with Gasteiger partial charge >= 0.3 is 5.97 Å². The Hall–Kier alpha value is -3.42. The van der Waals surface area contributed by atoms with Gasteiger partial charge in [0.15, 0.2) is 4.96 Å². The molecule has 3 aromatic heterocycles. The first-order chi connectivity index (χ1) is 14.8. The molecule has 0 aliphatic carbocycles. The van der Waals surface area contributed by atoms with Gasteiger partial charge in [-0.2, -0.15) is 0 Å². The number of imidazole rings is 1. The van der Waals surface area contributed by atoms with Gasteiger partial charge in [0.25, 0.3) is 5.56 Å². The van der Waals surface area contributed by atoms with E-state index >= 15 is 0 Å². The zero-order valence-electron chi connectivity index (χ0n) is 16.5. The number of halogens is 1. The number of benzene rings is 2. The molecule has 31 heavy (non-hydrogen) atoms. The average molecular weight is 451 g/mol. The minimum absolute atomic E-state index is 0.0848. The van der Waals surface area contributed by atoms with E-state index in [9.17, 15) is 14.7 Å². The number of nitrogens with zero attached hydrogens (tertiary/aromatic N) is 2. The summed E-state index contributed by atoms with van der Waals surface area (Å²) < 4.78 is 7.92.